The molecule has 4 aromatic rings. The molecule has 2 N–H and O–H groups in total. The van der Waals surface area contributed by atoms with E-state index in [0.29, 0.717) is 5.13 Å². The smallest absolute Gasteiger partial charge is 0.250 e. The highest BCUT2D eigenvalue weighted by Gasteiger charge is 2.14. The van der Waals surface area contributed by atoms with Crippen LogP contribution in [0.1, 0.15) is 11.3 Å². The summed E-state index contributed by atoms with van der Waals surface area (Å²) in [6.07, 6.45) is 6.74. The molecular formula is C19H17N5OS. The van der Waals surface area contributed by atoms with Gasteiger partial charge >= 0.3 is 0 Å². The number of hydrogen-bond donors (Lipinski definition) is 2. The van der Waals surface area contributed by atoms with Crippen molar-refractivity contribution in [1.82, 2.24) is 19.7 Å². The fourth-order valence-corrected chi connectivity index (χ4v) is 3.60. The van der Waals surface area contributed by atoms with Crippen LogP contribution in [0.2, 0.25) is 0 Å². The minimum Gasteiger partial charge on any atom is -0.358 e. The molecule has 130 valence electrons. The Labute approximate surface area is 154 Å². The highest BCUT2D eigenvalue weighted by atomic mass is 32.1. The molecule has 0 spiro atoms. The van der Waals surface area contributed by atoms with E-state index in [1.165, 1.54) is 17.4 Å². The zero-order chi connectivity index (χ0) is 18.1. The predicted molar refractivity (Wildman–Crippen MR) is 105 cm³/mol. The first-order chi connectivity index (χ1) is 12.6. The maximum atomic E-state index is 12.1. The zero-order valence-electron chi connectivity index (χ0n) is 14.4. The van der Waals surface area contributed by atoms with Crippen LogP contribution in [0.5, 0.6) is 0 Å². The number of nitrogens with one attached hydrogen (secondary N) is 2. The molecule has 3 aromatic heterocycles. The average molecular weight is 363 g/mol. The van der Waals surface area contributed by atoms with Crippen molar-refractivity contribution in [2.24, 2.45) is 7.05 Å². The Kier molecular flexibility index (Phi) is 4.14. The molecule has 0 atom stereocenters. The predicted octanol–water partition coefficient (Wildman–Crippen LogP) is 3.99. The van der Waals surface area contributed by atoms with Crippen LogP contribution in [0, 0.1) is 6.92 Å². The number of fused-ring (bicyclic) bond motifs is 1. The van der Waals surface area contributed by atoms with E-state index in [4.69, 9.17) is 0 Å². The molecule has 0 bridgehead atoms. The number of para-hydroxylation sites is 1. The number of nitrogens with zero attached hydrogens (tertiary/aromatic N) is 3. The Hall–Kier alpha value is -3.19. The van der Waals surface area contributed by atoms with Crippen LogP contribution in [0.3, 0.4) is 0 Å². The van der Waals surface area contributed by atoms with Crippen molar-refractivity contribution < 1.29 is 4.79 Å². The normalized spacial score (nSPS) is 11.5. The first-order valence-electron chi connectivity index (χ1n) is 8.11. The third kappa shape index (κ3) is 3.16. The van der Waals surface area contributed by atoms with E-state index < -0.39 is 0 Å². The van der Waals surface area contributed by atoms with Crippen LogP contribution in [0.25, 0.3) is 28.2 Å². The minimum absolute atomic E-state index is 0.217. The van der Waals surface area contributed by atoms with Gasteiger partial charge < -0.3 is 4.98 Å². The third-order valence-corrected chi connectivity index (χ3v) is 4.79. The molecule has 3 heterocycles. The van der Waals surface area contributed by atoms with Crippen molar-refractivity contribution in [3.05, 3.63) is 59.4 Å². The number of hydrogen-bond acceptors (Lipinski definition) is 4. The lowest BCUT2D eigenvalue weighted by atomic mass is 10.1. The molecular weight excluding hydrogens is 346 g/mol. The van der Waals surface area contributed by atoms with Crippen molar-refractivity contribution in [1.29, 1.82) is 0 Å². The molecule has 1 aromatic carbocycles. The van der Waals surface area contributed by atoms with Crippen LogP contribution in [0.15, 0.2) is 48.1 Å². The molecule has 0 aliphatic carbocycles. The summed E-state index contributed by atoms with van der Waals surface area (Å²) in [5.41, 5.74) is 4.94. The first-order valence-corrected chi connectivity index (χ1v) is 8.99. The number of amides is 1. The number of H-pyrrole nitrogens is 1. The summed E-state index contributed by atoms with van der Waals surface area (Å²) in [5, 5.41) is 10.5. The van der Waals surface area contributed by atoms with Gasteiger partial charge in [0.1, 0.15) is 0 Å². The summed E-state index contributed by atoms with van der Waals surface area (Å²) in [6.45, 7) is 2.03. The molecule has 0 fully saturated rings. The Morgan fingerprint density at radius 3 is 3.00 bits per heavy atom. The molecule has 4 rings (SSSR count). The number of thiazole rings is 1. The van der Waals surface area contributed by atoms with E-state index in [-0.39, 0.29) is 5.91 Å². The lowest BCUT2D eigenvalue weighted by molar-refractivity contribution is -0.111. The second kappa shape index (κ2) is 6.61. The van der Waals surface area contributed by atoms with E-state index >= 15 is 0 Å². The van der Waals surface area contributed by atoms with Crippen molar-refractivity contribution in [3.63, 3.8) is 0 Å². The lowest BCUT2D eigenvalue weighted by Crippen LogP contribution is -2.07. The SMILES string of the molecule is Cc1[nH]c2ccccc2c1-c1csc(NC(=O)/C=C/c2cnn(C)c2)n1. The van der Waals surface area contributed by atoms with Gasteiger partial charge in [-0.15, -0.1) is 11.3 Å². The molecule has 0 aliphatic heterocycles. The van der Waals surface area contributed by atoms with Crippen LogP contribution in [0.4, 0.5) is 5.13 Å². The Morgan fingerprint density at radius 2 is 2.19 bits per heavy atom. The van der Waals surface area contributed by atoms with Crippen LogP contribution in [-0.2, 0) is 11.8 Å². The largest absolute Gasteiger partial charge is 0.358 e. The lowest BCUT2D eigenvalue weighted by Gasteiger charge is -1.98. The van der Waals surface area contributed by atoms with Gasteiger partial charge in [0.05, 0.1) is 11.9 Å². The summed E-state index contributed by atoms with van der Waals surface area (Å²) >= 11 is 1.41. The van der Waals surface area contributed by atoms with E-state index in [9.17, 15) is 4.79 Å². The summed E-state index contributed by atoms with van der Waals surface area (Å²) in [6, 6.07) is 8.13. The number of rotatable bonds is 4. The number of aromatic nitrogens is 4. The monoisotopic (exact) mass is 363 g/mol. The van der Waals surface area contributed by atoms with E-state index in [1.807, 2.05) is 43.7 Å². The second-order valence-corrected chi connectivity index (χ2v) is 6.84. The number of benzene rings is 1. The van der Waals surface area contributed by atoms with E-state index in [1.54, 1.807) is 17.0 Å². The van der Waals surface area contributed by atoms with Gasteiger partial charge in [0, 0.05) is 52.4 Å². The highest BCUT2D eigenvalue weighted by Crippen LogP contribution is 2.33. The molecule has 7 heteroatoms. The van der Waals surface area contributed by atoms with Gasteiger partial charge in [-0.1, -0.05) is 18.2 Å². The maximum Gasteiger partial charge on any atom is 0.250 e. The molecule has 0 radical (unpaired) electrons. The first kappa shape index (κ1) is 16.3. The minimum atomic E-state index is -0.217. The standard InChI is InChI=1S/C19H17N5OS/c1-12-18(14-5-3-4-6-15(14)21-12)16-11-26-19(22-16)23-17(25)8-7-13-9-20-24(2)10-13/h3-11,21H,1-2H3,(H,22,23,25)/b8-7+. The third-order valence-electron chi connectivity index (χ3n) is 4.04. The summed E-state index contributed by atoms with van der Waals surface area (Å²) in [4.78, 5) is 20.1. The Bertz CT molecular complexity index is 1120. The zero-order valence-corrected chi connectivity index (χ0v) is 15.2. The number of anilines is 1. The molecule has 0 aliphatic rings. The summed E-state index contributed by atoms with van der Waals surface area (Å²) in [5.74, 6) is -0.217. The van der Waals surface area contributed by atoms with Gasteiger partial charge in [0.2, 0.25) is 5.91 Å². The van der Waals surface area contributed by atoms with Crippen LogP contribution < -0.4 is 5.32 Å². The number of carbonyl (C=O) groups excluding carboxylic acids is 1. The average Bonchev–Trinajstić information content (AvgIpc) is 3.31. The Balaban J connectivity index is 1.53. The Morgan fingerprint density at radius 1 is 1.35 bits per heavy atom. The number of carbonyl (C=O) groups is 1. The van der Waals surface area contributed by atoms with Crippen molar-refractivity contribution >= 4 is 39.4 Å². The van der Waals surface area contributed by atoms with Gasteiger partial charge in [-0.25, -0.2) is 4.98 Å². The van der Waals surface area contributed by atoms with Gasteiger partial charge in [-0.05, 0) is 19.1 Å². The van der Waals surface area contributed by atoms with Crippen molar-refractivity contribution in [3.8, 4) is 11.3 Å². The van der Waals surface area contributed by atoms with Gasteiger partial charge in [0.25, 0.3) is 0 Å². The van der Waals surface area contributed by atoms with E-state index in [2.05, 4.69) is 26.4 Å². The number of aromatic amines is 1. The van der Waals surface area contributed by atoms with Crippen LogP contribution >= 0.6 is 11.3 Å². The fourth-order valence-electron chi connectivity index (χ4n) is 2.90. The maximum absolute atomic E-state index is 12.1. The number of aryl methyl sites for hydroxylation is 2. The van der Waals surface area contributed by atoms with Crippen molar-refractivity contribution in [2.45, 2.75) is 6.92 Å². The van der Waals surface area contributed by atoms with Crippen molar-refractivity contribution in [2.75, 3.05) is 5.32 Å². The molecule has 0 unspecified atom stereocenters. The van der Waals surface area contributed by atoms with E-state index in [0.717, 1.165) is 33.4 Å². The van der Waals surface area contributed by atoms with Gasteiger partial charge in [-0.3, -0.25) is 14.8 Å². The summed E-state index contributed by atoms with van der Waals surface area (Å²) < 4.78 is 1.69. The van der Waals surface area contributed by atoms with Gasteiger partial charge in [0.15, 0.2) is 5.13 Å². The van der Waals surface area contributed by atoms with Crippen LogP contribution in [-0.4, -0.2) is 25.7 Å². The molecule has 26 heavy (non-hydrogen) atoms. The summed E-state index contributed by atoms with van der Waals surface area (Å²) in [7, 11) is 1.83. The fraction of sp³-hybridized carbons (Fsp3) is 0.105. The highest BCUT2D eigenvalue weighted by molar-refractivity contribution is 7.14. The second-order valence-electron chi connectivity index (χ2n) is 5.98. The molecule has 6 nitrogen and oxygen atoms in total. The molecule has 1 amide bonds. The topological polar surface area (TPSA) is 75.6 Å². The quantitative estimate of drug-likeness (QED) is 0.538. The molecule has 0 saturated heterocycles. The van der Waals surface area contributed by atoms with Gasteiger partial charge in [-0.2, -0.15) is 5.10 Å². The molecule has 0 saturated carbocycles.